The van der Waals surface area contributed by atoms with Crippen molar-refractivity contribution in [1.82, 2.24) is 20.0 Å². The zero-order valence-electron chi connectivity index (χ0n) is 13.8. The van der Waals surface area contributed by atoms with Gasteiger partial charge in [-0.1, -0.05) is 0 Å². The number of nitrogens with one attached hydrogen (secondary N) is 1. The second kappa shape index (κ2) is 6.49. The fourth-order valence-corrected chi connectivity index (χ4v) is 3.44. The molecule has 0 aliphatic carbocycles. The van der Waals surface area contributed by atoms with Gasteiger partial charge in [0.25, 0.3) is 5.92 Å². The van der Waals surface area contributed by atoms with Gasteiger partial charge in [-0.3, -0.25) is 4.68 Å². The van der Waals surface area contributed by atoms with E-state index in [-0.39, 0.29) is 50.6 Å². The van der Waals surface area contributed by atoms with Crippen molar-refractivity contribution >= 4 is 12.2 Å². The van der Waals surface area contributed by atoms with E-state index < -0.39 is 18.1 Å². The van der Waals surface area contributed by atoms with E-state index in [9.17, 15) is 18.4 Å². The lowest BCUT2D eigenvalue weighted by Gasteiger charge is -2.25. The minimum Gasteiger partial charge on any atom is -0.465 e. The predicted molar refractivity (Wildman–Crippen MR) is 81.4 cm³/mol. The van der Waals surface area contributed by atoms with Crippen molar-refractivity contribution in [2.24, 2.45) is 5.92 Å². The van der Waals surface area contributed by atoms with Crippen molar-refractivity contribution in [2.45, 2.75) is 38.3 Å². The number of methoxy groups -OCH3 is 1. The average Bonchev–Trinajstić information content (AvgIpc) is 2.88. The van der Waals surface area contributed by atoms with Gasteiger partial charge in [0.05, 0.1) is 19.3 Å². The van der Waals surface area contributed by atoms with E-state index in [1.54, 1.807) is 0 Å². The molecule has 1 unspecified atom stereocenters. The number of nitrogens with zero attached hydrogens (tertiary/aromatic N) is 3. The molecule has 0 aromatic carbocycles. The summed E-state index contributed by atoms with van der Waals surface area (Å²) in [7, 11) is 1.24. The Morgan fingerprint density at radius 2 is 2.24 bits per heavy atom. The third kappa shape index (κ3) is 3.38. The Hall–Kier alpha value is -2.39. The molecule has 138 valence electrons. The smallest absolute Gasteiger partial charge is 0.407 e. The largest absolute Gasteiger partial charge is 0.465 e. The molecule has 2 aliphatic heterocycles. The number of hydrogen-bond acceptors (Lipinski definition) is 4. The van der Waals surface area contributed by atoms with Crippen LogP contribution < -0.4 is 5.32 Å². The maximum absolute atomic E-state index is 14.7. The fourth-order valence-electron chi connectivity index (χ4n) is 3.44. The highest BCUT2D eigenvalue weighted by molar-refractivity contribution is 5.66. The molecule has 25 heavy (non-hydrogen) atoms. The molecule has 0 radical (unpaired) electrons. The van der Waals surface area contributed by atoms with Crippen LogP contribution in [0.2, 0.25) is 0 Å². The van der Waals surface area contributed by atoms with Gasteiger partial charge < -0.3 is 20.1 Å². The van der Waals surface area contributed by atoms with Crippen LogP contribution in [-0.2, 0) is 30.2 Å². The summed E-state index contributed by atoms with van der Waals surface area (Å²) in [5.41, 5.74) is 0.669. The van der Waals surface area contributed by atoms with E-state index in [4.69, 9.17) is 5.11 Å². The summed E-state index contributed by atoms with van der Waals surface area (Å²) in [4.78, 5) is 23.5. The third-order valence-corrected chi connectivity index (χ3v) is 4.74. The number of alkyl carbamates (subject to hydrolysis) is 1. The third-order valence-electron chi connectivity index (χ3n) is 4.74. The Labute approximate surface area is 142 Å². The van der Waals surface area contributed by atoms with Crippen LogP contribution in [0.25, 0.3) is 0 Å². The van der Waals surface area contributed by atoms with Crippen LogP contribution in [0.3, 0.4) is 0 Å². The zero-order valence-corrected chi connectivity index (χ0v) is 13.8. The van der Waals surface area contributed by atoms with Crippen LogP contribution >= 0.6 is 0 Å². The van der Waals surface area contributed by atoms with Crippen molar-refractivity contribution in [1.29, 1.82) is 0 Å². The lowest BCUT2D eigenvalue weighted by molar-refractivity contribution is -0.0219. The monoisotopic (exact) mass is 358 g/mol. The van der Waals surface area contributed by atoms with E-state index >= 15 is 0 Å². The molecule has 2 amide bonds. The molecule has 10 heteroatoms. The molecule has 3 rings (SSSR count). The molecule has 0 saturated carbocycles. The number of rotatable bonds is 2. The molecule has 2 N–H and O–H groups in total. The minimum atomic E-state index is -3.08. The normalized spacial score (nSPS) is 21.7. The summed E-state index contributed by atoms with van der Waals surface area (Å²) in [6, 6.07) is 0. The quantitative estimate of drug-likeness (QED) is 0.840. The van der Waals surface area contributed by atoms with Gasteiger partial charge in [0.2, 0.25) is 0 Å². The molecular weight excluding hydrogens is 338 g/mol. The lowest BCUT2D eigenvalue weighted by atomic mass is 9.98. The van der Waals surface area contributed by atoms with Crippen molar-refractivity contribution in [3.8, 4) is 0 Å². The van der Waals surface area contributed by atoms with Gasteiger partial charge in [0.1, 0.15) is 5.69 Å². The first kappa shape index (κ1) is 17.4. The Morgan fingerprint density at radius 3 is 2.92 bits per heavy atom. The molecule has 1 aromatic rings. The number of hydrogen-bond donors (Lipinski definition) is 2. The zero-order chi connectivity index (χ0) is 18.2. The maximum atomic E-state index is 14.7. The second-order valence-electron chi connectivity index (χ2n) is 6.39. The molecule has 3 heterocycles. The Kier molecular flexibility index (Phi) is 4.53. The van der Waals surface area contributed by atoms with Gasteiger partial charge in [0, 0.05) is 38.0 Å². The van der Waals surface area contributed by atoms with Crippen LogP contribution in [0.15, 0.2) is 0 Å². The number of aromatic nitrogens is 2. The highest BCUT2D eigenvalue weighted by Gasteiger charge is 2.43. The second-order valence-corrected chi connectivity index (χ2v) is 6.39. The standard InChI is InChI=1S/C15H20F2N4O4/c1-25-13(22)18-6-9-2-4-15(16,17)12-10-8-20(14(23)24)5-3-11(10)19-21(12)7-9/h9H,2-8H2,1H3,(H,18,22)(H,23,24). The summed E-state index contributed by atoms with van der Waals surface area (Å²) < 4.78 is 35.2. The first-order valence-electron chi connectivity index (χ1n) is 8.08. The van der Waals surface area contributed by atoms with Crippen LogP contribution in [0.5, 0.6) is 0 Å². The Bertz CT molecular complexity index is 691. The highest BCUT2D eigenvalue weighted by atomic mass is 19.3. The number of amides is 2. The SMILES string of the molecule is COC(=O)NCC1CCC(F)(F)c2c3c(nn2C1)CCN(C(=O)O)C3. The number of ether oxygens (including phenoxy) is 1. The summed E-state index contributed by atoms with van der Waals surface area (Å²) in [6.45, 7) is 0.640. The van der Waals surface area contributed by atoms with E-state index in [0.29, 0.717) is 17.7 Å². The van der Waals surface area contributed by atoms with Crippen LogP contribution in [-0.4, -0.2) is 52.2 Å². The van der Waals surface area contributed by atoms with E-state index in [0.717, 1.165) is 4.90 Å². The van der Waals surface area contributed by atoms with Gasteiger partial charge in [-0.25, -0.2) is 9.59 Å². The number of carboxylic acid groups (broad SMARTS) is 1. The van der Waals surface area contributed by atoms with Gasteiger partial charge >= 0.3 is 12.2 Å². The molecule has 0 bridgehead atoms. The molecule has 0 spiro atoms. The molecule has 1 aromatic heterocycles. The minimum absolute atomic E-state index is 0.0688. The first-order chi connectivity index (χ1) is 11.8. The molecule has 1 atom stereocenters. The van der Waals surface area contributed by atoms with Gasteiger partial charge in [-0.05, 0) is 12.3 Å². The maximum Gasteiger partial charge on any atom is 0.407 e. The number of halogens is 2. The Morgan fingerprint density at radius 1 is 1.48 bits per heavy atom. The van der Waals surface area contributed by atoms with Gasteiger partial charge in [-0.2, -0.15) is 13.9 Å². The molecule has 8 nitrogen and oxygen atoms in total. The number of alkyl halides is 2. The van der Waals surface area contributed by atoms with Crippen LogP contribution in [0.1, 0.15) is 29.8 Å². The Balaban J connectivity index is 1.87. The topological polar surface area (TPSA) is 96.7 Å². The summed E-state index contributed by atoms with van der Waals surface area (Å²) in [6.07, 6.45) is -1.55. The number of carbonyl (C=O) groups excluding carboxylic acids is 1. The molecule has 0 fully saturated rings. The number of fused-ring (bicyclic) bond motifs is 3. The van der Waals surface area contributed by atoms with Crippen molar-refractivity contribution in [2.75, 3.05) is 20.2 Å². The highest BCUT2D eigenvalue weighted by Crippen LogP contribution is 2.41. The average molecular weight is 358 g/mol. The van der Waals surface area contributed by atoms with Gasteiger partial charge in [0.15, 0.2) is 0 Å². The lowest BCUT2D eigenvalue weighted by Crippen LogP contribution is -2.35. The van der Waals surface area contributed by atoms with Crippen LogP contribution in [0, 0.1) is 5.92 Å². The summed E-state index contributed by atoms with van der Waals surface area (Å²) >= 11 is 0. The van der Waals surface area contributed by atoms with Crippen LogP contribution in [0.4, 0.5) is 18.4 Å². The molecule has 0 saturated heterocycles. The molecule has 2 aliphatic rings. The summed E-state index contributed by atoms with van der Waals surface area (Å²) in [5, 5.41) is 16.0. The first-order valence-corrected chi connectivity index (χ1v) is 8.08. The van der Waals surface area contributed by atoms with E-state index in [1.165, 1.54) is 11.8 Å². The van der Waals surface area contributed by atoms with E-state index in [1.807, 2.05) is 0 Å². The van der Waals surface area contributed by atoms with Gasteiger partial charge in [-0.15, -0.1) is 0 Å². The predicted octanol–water partition coefficient (Wildman–Crippen LogP) is 1.78. The molecular formula is C15H20F2N4O4. The fraction of sp³-hybridized carbons (Fsp3) is 0.667. The number of carbonyl (C=O) groups is 2. The van der Waals surface area contributed by atoms with Crippen molar-refractivity contribution in [3.05, 3.63) is 17.0 Å². The summed E-state index contributed by atoms with van der Waals surface area (Å²) in [5.74, 6) is -3.29. The van der Waals surface area contributed by atoms with Crippen molar-refractivity contribution < 1.29 is 28.2 Å². The van der Waals surface area contributed by atoms with E-state index in [2.05, 4.69) is 15.2 Å². The van der Waals surface area contributed by atoms with Crippen molar-refractivity contribution in [3.63, 3.8) is 0 Å².